The van der Waals surface area contributed by atoms with E-state index in [1.807, 2.05) is 12.7 Å². The normalized spacial score (nSPS) is 24.6. The molecule has 0 spiro atoms. The van der Waals surface area contributed by atoms with Gasteiger partial charge in [0.2, 0.25) is 0 Å². The van der Waals surface area contributed by atoms with E-state index in [1.165, 1.54) is 25.7 Å². The number of imidazole rings is 2. The summed E-state index contributed by atoms with van der Waals surface area (Å²) < 4.78 is 9.96. The van der Waals surface area contributed by atoms with Crippen molar-refractivity contribution in [1.29, 1.82) is 0 Å². The van der Waals surface area contributed by atoms with Gasteiger partial charge in [0.05, 0.1) is 35.9 Å². The zero-order valence-corrected chi connectivity index (χ0v) is 25.3. The molecule has 0 aliphatic heterocycles. The van der Waals surface area contributed by atoms with Crippen LogP contribution in [0.4, 0.5) is 0 Å². The summed E-state index contributed by atoms with van der Waals surface area (Å²) in [6, 6.07) is 0.939. The number of esters is 2. The SMILES string of the molecule is CC1CCC(n2cnc(CC(CCCN)C(=O)OC(=O)C(CCCN)Cc3cn(C4CCC(C)CC4)cn3)c2)CC1. The standard InChI is InChI=1S/C32H52N6O3/c1-23-7-11-29(12-8-23)37-19-27(35-21-37)17-25(5-3-15-33)31(39)41-32(40)26(6-4-16-34)18-28-20-38(22-36-28)30-13-9-24(2)10-14-30/h19-26,29-30H,3-18,33-34H2,1-2H3. The number of aromatic nitrogens is 4. The van der Waals surface area contributed by atoms with Crippen molar-refractivity contribution in [2.45, 2.75) is 116 Å². The van der Waals surface area contributed by atoms with Crippen LogP contribution in [0.5, 0.6) is 0 Å². The Morgan fingerprint density at radius 2 is 1.15 bits per heavy atom. The Labute approximate surface area is 245 Å². The van der Waals surface area contributed by atoms with E-state index in [2.05, 4.69) is 45.3 Å². The van der Waals surface area contributed by atoms with Crippen LogP contribution in [-0.4, -0.2) is 44.1 Å². The minimum absolute atomic E-state index is 0.445. The van der Waals surface area contributed by atoms with E-state index in [-0.39, 0.29) is 0 Å². The molecule has 228 valence electrons. The predicted octanol–water partition coefficient (Wildman–Crippen LogP) is 5.15. The third kappa shape index (κ3) is 9.23. The van der Waals surface area contributed by atoms with Crippen LogP contribution in [0.3, 0.4) is 0 Å². The Hall–Kier alpha value is -2.52. The number of carbonyl (C=O) groups excluding carboxylic acids is 2. The van der Waals surface area contributed by atoms with Crippen LogP contribution in [0.2, 0.25) is 0 Å². The molecule has 2 aromatic rings. The van der Waals surface area contributed by atoms with E-state index < -0.39 is 23.8 Å². The van der Waals surface area contributed by atoms with Crippen LogP contribution < -0.4 is 11.5 Å². The second-order valence-corrected chi connectivity index (χ2v) is 12.9. The topological polar surface area (TPSA) is 131 Å². The number of hydrogen-bond donors (Lipinski definition) is 2. The fraction of sp³-hybridized carbons (Fsp3) is 0.750. The van der Waals surface area contributed by atoms with Gasteiger partial charge in [-0.3, -0.25) is 9.59 Å². The number of ether oxygens (including phenoxy) is 1. The van der Waals surface area contributed by atoms with Gasteiger partial charge in [-0.15, -0.1) is 0 Å². The van der Waals surface area contributed by atoms with Gasteiger partial charge >= 0.3 is 11.9 Å². The zero-order chi connectivity index (χ0) is 29.2. The molecule has 0 saturated heterocycles. The van der Waals surface area contributed by atoms with Gasteiger partial charge in [-0.25, -0.2) is 9.97 Å². The Morgan fingerprint density at radius 3 is 1.51 bits per heavy atom. The number of hydrogen-bond acceptors (Lipinski definition) is 7. The molecular formula is C32H52N6O3. The van der Waals surface area contributed by atoms with Crippen LogP contribution >= 0.6 is 0 Å². The molecule has 0 aromatic carbocycles. The van der Waals surface area contributed by atoms with E-state index in [4.69, 9.17) is 16.2 Å². The molecule has 4 rings (SSSR count). The van der Waals surface area contributed by atoms with Crippen molar-refractivity contribution in [3.05, 3.63) is 36.4 Å². The molecule has 9 nitrogen and oxygen atoms in total. The fourth-order valence-electron chi connectivity index (χ4n) is 6.56. The largest absolute Gasteiger partial charge is 0.393 e. The van der Waals surface area contributed by atoms with Crippen molar-refractivity contribution in [3.8, 4) is 0 Å². The first kappa shape index (κ1) is 31.4. The van der Waals surface area contributed by atoms with E-state index in [9.17, 15) is 9.59 Å². The molecule has 2 aliphatic carbocycles. The maximum Gasteiger partial charge on any atom is 0.316 e. The number of rotatable bonds is 14. The Morgan fingerprint density at radius 1 is 0.756 bits per heavy atom. The first-order chi connectivity index (χ1) is 19.9. The van der Waals surface area contributed by atoms with Crippen LogP contribution in [0.1, 0.15) is 114 Å². The highest BCUT2D eigenvalue weighted by molar-refractivity contribution is 5.88. The van der Waals surface area contributed by atoms with Gasteiger partial charge in [0, 0.05) is 37.3 Å². The summed E-state index contributed by atoms with van der Waals surface area (Å²) in [5.41, 5.74) is 13.3. The lowest BCUT2D eigenvalue weighted by Crippen LogP contribution is -2.29. The monoisotopic (exact) mass is 568 g/mol. The quantitative estimate of drug-likeness (QED) is 0.238. The number of carbonyl (C=O) groups is 2. The van der Waals surface area contributed by atoms with E-state index in [0.29, 0.717) is 63.7 Å². The van der Waals surface area contributed by atoms with Gasteiger partial charge in [-0.05, 0) is 102 Å². The second kappa shape index (κ2) is 15.6. The van der Waals surface area contributed by atoms with Gasteiger partial charge in [0.1, 0.15) is 0 Å². The predicted molar refractivity (Wildman–Crippen MR) is 160 cm³/mol. The fourth-order valence-corrected chi connectivity index (χ4v) is 6.56. The first-order valence-electron chi connectivity index (χ1n) is 16.1. The average Bonchev–Trinajstić information content (AvgIpc) is 3.64. The van der Waals surface area contributed by atoms with E-state index in [1.54, 1.807) is 0 Å². The average molecular weight is 569 g/mol. The van der Waals surface area contributed by atoms with Crippen molar-refractivity contribution in [1.82, 2.24) is 19.1 Å². The molecule has 2 atom stereocenters. The summed E-state index contributed by atoms with van der Waals surface area (Å²) in [6.07, 6.45) is 20.9. The van der Waals surface area contributed by atoms with Gasteiger partial charge < -0.3 is 25.3 Å². The van der Waals surface area contributed by atoms with Gasteiger partial charge in [-0.1, -0.05) is 13.8 Å². The highest BCUT2D eigenvalue weighted by Crippen LogP contribution is 2.33. The van der Waals surface area contributed by atoms with Gasteiger partial charge in [-0.2, -0.15) is 0 Å². The summed E-state index contributed by atoms with van der Waals surface area (Å²) in [4.78, 5) is 35.8. The first-order valence-corrected chi connectivity index (χ1v) is 16.1. The summed E-state index contributed by atoms with van der Waals surface area (Å²) in [5, 5.41) is 0. The highest BCUT2D eigenvalue weighted by atomic mass is 16.6. The van der Waals surface area contributed by atoms with E-state index in [0.717, 1.165) is 48.9 Å². The smallest absolute Gasteiger partial charge is 0.316 e. The molecule has 9 heteroatoms. The Balaban J connectivity index is 1.36. The molecule has 0 radical (unpaired) electrons. The zero-order valence-electron chi connectivity index (χ0n) is 25.3. The lowest BCUT2D eigenvalue weighted by molar-refractivity contribution is -0.166. The van der Waals surface area contributed by atoms with E-state index >= 15 is 0 Å². The molecule has 2 fully saturated rings. The highest BCUT2D eigenvalue weighted by Gasteiger charge is 2.29. The number of nitrogens with two attached hydrogens (primary N) is 2. The molecule has 2 unspecified atom stereocenters. The van der Waals surface area contributed by atoms with Crippen LogP contribution in [0, 0.1) is 23.7 Å². The summed E-state index contributed by atoms with van der Waals surface area (Å²) >= 11 is 0. The third-order valence-electron chi connectivity index (χ3n) is 9.42. The number of nitrogens with zero attached hydrogens (tertiary/aromatic N) is 4. The molecule has 4 N–H and O–H groups in total. The maximum atomic E-state index is 13.3. The lowest BCUT2D eigenvalue weighted by Gasteiger charge is -2.27. The molecule has 41 heavy (non-hydrogen) atoms. The molecule has 0 bridgehead atoms. The Kier molecular flexibility index (Phi) is 12.0. The minimum atomic E-state index is -0.482. The van der Waals surface area contributed by atoms with Crippen LogP contribution in [-0.2, 0) is 27.2 Å². The second-order valence-electron chi connectivity index (χ2n) is 12.9. The molecule has 2 saturated carbocycles. The summed E-state index contributed by atoms with van der Waals surface area (Å²) in [6.45, 7) is 5.59. The van der Waals surface area contributed by atoms with Crippen molar-refractivity contribution >= 4 is 11.9 Å². The Bertz CT molecular complexity index is 997. The van der Waals surface area contributed by atoms with Gasteiger partial charge in [0.15, 0.2) is 0 Å². The minimum Gasteiger partial charge on any atom is -0.393 e. The van der Waals surface area contributed by atoms with Crippen LogP contribution in [0.25, 0.3) is 0 Å². The van der Waals surface area contributed by atoms with Crippen LogP contribution in [0.15, 0.2) is 25.0 Å². The van der Waals surface area contributed by atoms with Crippen molar-refractivity contribution < 1.29 is 14.3 Å². The molecule has 2 heterocycles. The molecular weight excluding hydrogens is 516 g/mol. The lowest BCUT2D eigenvalue weighted by atomic mass is 9.87. The third-order valence-corrected chi connectivity index (χ3v) is 9.42. The molecule has 0 amide bonds. The van der Waals surface area contributed by atoms with Crippen molar-refractivity contribution in [2.75, 3.05) is 13.1 Å². The molecule has 2 aliphatic rings. The van der Waals surface area contributed by atoms with Crippen molar-refractivity contribution in [2.24, 2.45) is 35.1 Å². The van der Waals surface area contributed by atoms with Crippen molar-refractivity contribution in [3.63, 3.8) is 0 Å². The van der Waals surface area contributed by atoms with Gasteiger partial charge in [0.25, 0.3) is 0 Å². The molecule has 2 aromatic heterocycles. The summed E-state index contributed by atoms with van der Waals surface area (Å²) in [5.74, 6) is -0.312. The summed E-state index contributed by atoms with van der Waals surface area (Å²) in [7, 11) is 0. The maximum absolute atomic E-state index is 13.3.